The van der Waals surface area contributed by atoms with E-state index in [1.54, 1.807) is 30.3 Å². The number of rotatable bonds is 4. The molecule has 114 valence electrons. The minimum Gasteiger partial charge on any atom is -0.494 e. The van der Waals surface area contributed by atoms with Crippen molar-refractivity contribution in [3.8, 4) is 17.9 Å². The van der Waals surface area contributed by atoms with Gasteiger partial charge in [0.2, 0.25) is 5.91 Å². The summed E-state index contributed by atoms with van der Waals surface area (Å²) in [5.41, 5.74) is 0.634. The van der Waals surface area contributed by atoms with Crippen molar-refractivity contribution < 1.29 is 9.53 Å². The predicted molar refractivity (Wildman–Crippen MR) is 84.0 cm³/mol. The minimum atomic E-state index is -0.515. The predicted octanol–water partition coefficient (Wildman–Crippen LogP) is 3.02. The fraction of sp³-hybridized carbons (Fsp3) is 0.312. The molecule has 0 heterocycles. The van der Waals surface area contributed by atoms with Crippen LogP contribution in [0, 0.1) is 28.1 Å². The average molecular weight is 298 g/mol. The molecule has 0 aliphatic heterocycles. The molecular formula is C16H18N4O2. The van der Waals surface area contributed by atoms with Crippen LogP contribution in [0.2, 0.25) is 0 Å². The van der Waals surface area contributed by atoms with Gasteiger partial charge in [0.05, 0.1) is 12.8 Å². The van der Waals surface area contributed by atoms with Crippen LogP contribution in [0.3, 0.4) is 0 Å². The van der Waals surface area contributed by atoms with Crippen molar-refractivity contribution in [2.45, 2.75) is 20.8 Å². The van der Waals surface area contributed by atoms with Crippen LogP contribution in [0.25, 0.3) is 0 Å². The molecule has 0 fully saturated rings. The molecule has 0 atom stereocenters. The van der Waals surface area contributed by atoms with Gasteiger partial charge in [-0.15, -0.1) is 0 Å². The van der Waals surface area contributed by atoms with Crippen molar-refractivity contribution >= 4 is 17.3 Å². The average Bonchev–Trinajstić information content (AvgIpc) is 2.48. The molecule has 1 amide bonds. The highest BCUT2D eigenvalue weighted by Crippen LogP contribution is 2.29. The van der Waals surface area contributed by atoms with Gasteiger partial charge < -0.3 is 15.4 Å². The normalized spacial score (nSPS) is 9.91. The molecule has 0 unspecified atom stereocenters. The molecule has 0 aliphatic rings. The van der Waals surface area contributed by atoms with Gasteiger partial charge in [0.25, 0.3) is 0 Å². The Kier molecular flexibility index (Phi) is 5.54. The summed E-state index contributed by atoms with van der Waals surface area (Å²) < 4.78 is 5.25. The number of ether oxygens (including phenoxy) is 1. The maximum atomic E-state index is 12.0. The first-order valence-electron chi connectivity index (χ1n) is 6.58. The van der Waals surface area contributed by atoms with Gasteiger partial charge in [-0.3, -0.25) is 4.79 Å². The third kappa shape index (κ3) is 4.53. The Morgan fingerprint density at radius 2 is 1.91 bits per heavy atom. The number of methoxy groups -OCH3 is 1. The van der Waals surface area contributed by atoms with Gasteiger partial charge in [-0.25, -0.2) is 0 Å². The summed E-state index contributed by atoms with van der Waals surface area (Å²) in [4.78, 5) is 12.0. The second kappa shape index (κ2) is 7.14. The molecule has 0 aliphatic carbocycles. The Morgan fingerprint density at radius 3 is 2.41 bits per heavy atom. The second-order valence-electron chi connectivity index (χ2n) is 5.55. The molecule has 1 aromatic rings. The van der Waals surface area contributed by atoms with Crippen LogP contribution >= 0.6 is 0 Å². The van der Waals surface area contributed by atoms with E-state index in [4.69, 9.17) is 15.3 Å². The standard InChI is InChI=1S/C16H18N4O2/c1-16(2,3)15(21)20-13-6-5-12(7-14(13)22-4)19-10-11(8-17)9-18/h5-7,10,19H,1-4H3,(H,20,21). The van der Waals surface area contributed by atoms with Gasteiger partial charge >= 0.3 is 0 Å². The third-order valence-corrected chi connectivity index (χ3v) is 2.75. The molecule has 1 aromatic carbocycles. The summed E-state index contributed by atoms with van der Waals surface area (Å²) in [5, 5.41) is 23.0. The molecule has 6 heteroatoms. The van der Waals surface area contributed by atoms with Gasteiger partial charge in [-0.1, -0.05) is 20.8 Å². The summed E-state index contributed by atoms with van der Waals surface area (Å²) in [6, 6.07) is 8.58. The molecule has 0 radical (unpaired) electrons. The molecule has 2 N–H and O–H groups in total. The summed E-state index contributed by atoms with van der Waals surface area (Å²) in [7, 11) is 1.50. The number of carbonyl (C=O) groups is 1. The lowest BCUT2D eigenvalue weighted by Crippen LogP contribution is -2.27. The van der Waals surface area contributed by atoms with Crippen molar-refractivity contribution in [1.29, 1.82) is 10.5 Å². The van der Waals surface area contributed by atoms with Crippen LogP contribution in [0.4, 0.5) is 11.4 Å². The van der Waals surface area contributed by atoms with E-state index in [1.807, 2.05) is 20.8 Å². The van der Waals surface area contributed by atoms with Crippen molar-refractivity contribution in [2.24, 2.45) is 5.41 Å². The van der Waals surface area contributed by atoms with E-state index >= 15 is 0 Å². The molecule has 22 heavy (non-hydrogen) atoms. The first-order chi connectivity index (χ1) is 10.3. The largest absolute Gasteiger partial charge is 0.494 e. The Bertz CT molecular complexity index is 657. The highest BCUT2D eigenvalue weighted by molar-refractivity contribution is 5.96. The second-order valence-corrected chi connectivity index (χ2v) is 5.55. The number of carbonyl (C=O) groups excluding carboxylic acids is 1. The van der Waals surface area contributed by atoms with E-state index in [0.29, 0.717) is 17.1 Å². The summed E-state index contributed by atoms with van der Waals surface area (Å²) in [5.74, 6) is 0.356. The number of benzene rings is 1. The summed E-state index contributed by atoms with van der Waals surface area (Å²) in [6.45, 7) is 5.46. The van der Waals surface area contributed by atoms with Gasteiger partial charge in [-0.2, -0.15) is 10.5 Å². The van der Waals surface area contributed by atoms with E-state index in [1.165, 1.54) is 13.3 Å². The first kappa shape index (κ1) is 17.1. The fourth-order valence-electron chi connectivity index (χ4n) is 1.44. The Balaban J connectivity index is 2.98. The number of allylic oxidation sites excluding steroid dienone is 1. The van der Waals surface area contributed by atoms with Crippen LogP contribution < -0.4 is 15.4 Å². The van der Waals surface area contributed by atoms with Crippen LogP contribution in [-0.4, -0.2) is 13.0 Å². The quantitative estimate of drug-likeness (QED) is 0.832. The molecule has 6 nitrogen and oxygen atoms in total. The van der Waals surface area contributed by atoms with Crippen molar-refractivity contribution in [3.05, 3.63) is 30.0 Å². The molecule has 0 saturated heterocycles. The van der Waals surface area contributed by atoms with E-state index in [2.05, 4.69) is 10.6 Å². The lowest BCUT2D eigenvalue weighted by molar-refractivity contribution is -0.123. The van der Waals surface area contributed by atoms with Crippen molar-refractivity contribution in [2.75, 3.05) is 17.7 Å². The number of hydrogen-bond acceptors (Lipinski definition) is 5. The smallest absolute Gasteiger partial charge is 0.229 e. The van der Waals surface area contributed by atoms with Crippen LogP contribution in [-0.2, 0) is 4.79 Å². The van der Waals surface area contributed by atoms with Crippen LogP contribution in [0.5, 0.6) is 5.75 Å². The minimum absolute atomic E-state index is 0.0379. The highest BCUT2D eigenvalue weighted by atomic mass is 16.5. The van der Waals surface area contributed by atoms with E-state index in [-0.39, 0.29) is 11.5 Å². The van der Waals surface area contributed by atoms with Gasteiger partial charge in [-0.05, 0) is 12.1 Å². The zero-order valence-electron chi connectivity index (χ0n) is 13.0. The molecule has 0 saturated carbocycles. The van der Waals surface area contributed by atoms with E-state index < -0.39 is 5.41 Å². The maximum absolute atomic E-state index is 12.0. The van der Waals surface area contributed by atoms with Crippen molar-refractivity contribution in [1.82, 2.24) is 0 Å². The highest BCUT2D eigenvalue weighted by Gasteiger charge is 2.22. The molecule has 0 bridgehead atoms. The lowest BCUT2D eigenvalue weighted by atomic mass is 9.95. The number of hydrogen-bond donors (Lipinski definition) is 2. The van der Waals surface area contributed by atoms with E-state index in [9.17, 15) is 4.79 Å². The lowest BCUT2D eigenvalue weighted by Gasteiger charge is -2.19. The molecule has 1 rings (SSSR count). The van der Waals surface area contributed by atoms with E-state index in [0.717, 1.165) is 0 Å². The monoisotopic (exact) mass is 298 g/mol. The Hall–Kier alpha value is -2.99. The fourth-order valence-corrected chi connectivity index (χ4v) is 1.44. The van der Waals surface area contributed by atoms with Crippen molar-refractivity contribution in [3.63, 3.8) is 0 Å². The number of nitrogens with one attached hydrogen (secondary N) is 2. The zero-order valence-corrected chi connectivity index (χ0v) is 13.0. The first-order valence-corrected chi connectivity index (χ1v) is 6.58. The summed E-state index contributed by atoms with van der Waals surface area (Å²) >= 11 is 0. The van der Waals surface area contributed by atoms with Gasteiger partial charge in [0.1, 0.15) is 23.5 Å². The number of nitriles is 2. The van der Waals surface area contributed by atoms with Crippen LogP contribution in [0.15, 0.2) is 30.0 Å². The van der Waals surface area contributed by atoms with Gasteiger partial charge in [0, 0.05) is 23.4 Å². The SMILES string of the molecule is COc1cc(NC=C(C#N)C#N)ccc1NC(=O)C(C)(C)C. The zero-order chi connectivity index (χ0) is 16.8. The maximum Gasteiger partial charge on any atom is 0.229 e. The molecule has 0 spiro atoms. The Morgan fingerprint density at radius 1 is 1.27 bits per heavy atom. The van der Waals surface area contributed by atoms with Crippen LogP contribution in [0.1, 0.15) is 20.8 Å². The Labute approximate surface area is 130 Å². The molecular weight excluding hydrogens is 280 g/mol. The number of nitrogens with zero attached hydrogens (tertiary/aromatic N) is 2. The van der Waals surface area contributed by atoms with Gasteiger partial charge in [0.15, 0.2) is 0 Å². The summed E-state index contributed by atoms with van der Waals surface area (Å²) in [6.07, 6.45) is 1.31. The number of amides is 1. The third-order valence-electron chi connectivity index (χ3n) is 2.75. The number of anilines is 2. The topological polar surface area (TPSA) is 97.9 Å². The molecule has 0 aromatic heterocycles.